The molecule has 17 nitrogen and oxygen atoms in total. The van der Waals surface area contributed by atoms with E-state index in [0.29, 0.717) is 25.7 Å². The molecule has 0 aromatic heterocycles. The molecule has 0 saturated heterocycles. The topological polar surface area (TPSA) is 237 Å². The highest BCUT2D eigenvalue weighted by molar-refractivity contribution is 7.47. The molecule has 0 amide bonds. The number of aliphatic hydroxyl groups excluding tert-OH is 1. The Balaban J connectivity index is 5.13. The molecule has 0 aliphatic heterocycles. The van der Waals surface area contributed by atoms with Gasteiger partial charge in [0.2, 0.25) is 0 Å². The monoisotopic (exact) mass is 1410 g/mol. The predicted octanol–water partition coefficient (Wildman–Crippen LogP) is 22.6. The molecular formula is C77H150O17P2. The van der Waals surface area contributed by atoms with Crippen molar-refractivity contribution in [1.29, 1.82) is 0 Å². The van der Waals surface area contributed by atoms with Crippen molar-refractivity contribution in [3.8, 4) is 0 Å². The summed E-state index contributed by atoms with van der Waals surface area (Å²) in [5, 5.41) is 10.6. The Morgan fingerprint density at radius 2 is 0.531 bits per heavy atom. The summed E-state index contributed by atoms with van der Waals surface area (Å²) in [6, 6.07) is 0. The average molecular weight is 1410 g/mol. The summed E-state index contributed by atoms with van der Waals surface area (Å²) in [5.41, 5.74) is 0. The molecule has 0 aromatic carbocycles. The zero-order valence-electron chi connectivity index (χ0n) is 62.8. The van der Waals surface area contributed by atoms with Crippen molar-refractivity contribution < 1.29 is 80.2 Å². The van der Waals surface area contributed by atoms with Crippen LogP contribution in [0.2, 0.25) is 0 Å². The zero-order valence-corrected chi connectivity index (χ0v) is 64.6. The van der Waals surface area contributed by atoms with Crippen LogP contribution in [0.3, 0.4) is 0 Å². The van der Waals surface area contributed by atoms with Crippen LogP contribution < -0.4 is 0 Å². The number of phosphoric ester groups is 2. The second-order valence-corrected chi connectivity index (χ2v) is 31.8. The first-order chi connectivity index (χ1) is 46.3. The van der Waals surface area contributed by atoms with Gasteiger partial charge in [-0.2, -0.15) is 0 Å². The number of carbonyl (C=O) groups excluding carboxylic acids is 4. The van der Waals surface area contributed by atoms with Gasteiger partial charge >= 0.3 is 39.5 Å². The van der Waals surface area contributed by atoms with E-state index in [2.05, 4.69) is 48.5 Å². The number of esters is 4. The molecule has 3 unspecified atom stereocenters. The van der Waals surface area contributed by atoms with E-state index in [1.165, 1.54) is 199 Å². The van der Waals surface area contributed by atoms with Crippen LogP contribution in [-0.2, 0) is 65.4 Å². The lowest BCUT2D eigenvalue weighted by atomic mass is 9.99. The summed E-state index contributed by atoms with van der Waals surface area (Å²) < 4.78 is 68.3. The molecule has 0 spiro atoms. The van der Waals surface area contributed by atoms with Crippen LogP contribution in [0.5, 0.6) is 0 Å². The first-order valence-electron chi connectivity index (χ1n) is 39.9. The summed E-state index contributed by atoms with van der Waals surface area (Å²) in [4.78, 5) is 72.6. The van der Waals surface area contributed by atoms with Gasteiger partial charge in [-0.05, 0) is 43.4 Å². The molecule has 0 aliphatic rings. The Bertz CT molecular complexity index is 1870. The molecule has 0 rings (SSSR count). The molecule has 0 aliphatic carbocycles. The fourth-order valence-electron chi connectivity index (χ4n) is 11.7. The SMILES string of the molecule is CCCCCCCC(=O)OC[C@H](COP(=O)(O)OC[C@H](O)COP(=O)(O)OC[C@@H](COC(=O)CCCCCCCCCCCCCCCC(C)C)OC(=O)CCCCCCCCCCCCCCCCCCCCC(C)C)OC(=O)CCCCCCCCCCCCC(C)CC. The van der Waals surface area contributed by atoms with Gasteiger partial charge < -0.3 is 33.8 Å². The summed E-state index contributed by atoms with van der Waals surface area (Å²) in [5.74, 6) is 0.287. The van der Waals surface area contributed by atoms with E-state index in [0.717, 1.165) is 114 Å². The highest BCUT2D eigenvalue weighted by Gasteiger charge is 2.30. The van der Waals surface area contributed by atoms with Crippen LogP contribution in [0.25, 0.3) is 0 Å². The van der Waals surface area contributed by atoms with Crippen molar-refractivity contribution in [2.75, 3.05) is 39.6 Å². The molecular weight excluding hydrogens is 1260 g/mol. The maximum atomic E-state index is 13.1. The van der Waals surface area contributed by atoms with Gasteiger partial charge in [0.15, 0.2) is 12.2 Å². The third kappa shape index (κ3) is 69.2. The molecule has 0 radical (unpaired) electrons. The minimum atomic E-state index is -4.96. The Morgan fingerprint density at radius 3 is 0.792 bits per heavy atom. The first-order valence-corrected chi connectivity index (χ1v) is 42.9. The van der Waals surface area contributed by atoms with Crippen molar-refractivity contribution in [2.45, 2.75) is 414 Å². The van der Waals surface area contributed by atoms with Gasteiger partial charge in [-0.1, -0.05) is 344 Å². The number of unbranched alkanes of at least 4 members (excludes halogenated alkanes) is 42. The lowest BCUT2D eigenvalue weighted by molar-refractivity contribution is -0.161. The number of hydrogen-bond donors (Lipinski definition) is 3. The van der Waals surface area contributed by atoms with Gasteiger partial charge in [0.1, 0.15) is 19.3 Å². The van der Waals surface area contributed by atoms with Gasteiger partial charge in [0.05, 0.1) is 26.4 Å². The molecule has 0 heterocycles. The fraction of sp³-hybridized carbons (Fsp3) is 0.948. The van der Waals surface area contributed by atoms with Crippen LogP contribution in [0.1, 0.15) is 395 Å². The highest BCUT2D eigenvalue weighted by Crippen LogP contribution is 2.45. The van der Waals surface area contributed by atoms with E-state index in [-0.39, 0.29) is 25.7 Å². The van der Waals surface area contributed by atoms with Crippen LogP contribution in [0.4, 0.5) is 0 Å². The van der Waals surface area contributed by atoms with E-state index in [9.17, 15) is 43.2 Å². The molecule has 6 atom stereocenters. The minimum absolute atomic E-state index is 0.105. The van der Waals surface area contributed by atoms with Gasteiger partial charge in [-0.25, -0.2) is 9.13 Å². The predicted molar refractivity (Wildman–Crippen MR) is 391 cm³/mol. The summed E-state index contributed by atoms with van der Waals surface area (Å²) in [7, 11) is -9.90. The molecule has 3 N–H and O–H groups in total. The molecule has 0 aromatic rings. The van der Waals surface area contributed by atoms with Gasteiger partial charge in [0, 0.05) is 25.7 Å². The van der Waals surface area contributed by atoms with Crippen LogP contribution in [0.15, 0.2) is 0 Å². The number of aliphatic hydroxyl groups is 1. The maximum Gasteiger partial charge on any atom is 0.472 e. The third-order valence-corrected chi connectivity index (χ3v) is 20.1. The molecule has 0 fully saturated rings. The largest absolute Gasteiger partial charge is 0.472 e. The van der Waals surface area contributed by atoms with E-state index < -0.39 is 97.5 Å². The van der Waals surface area contributed by atoms with Gasteiger partial charge in [-0.15, -0.1) is 0 Å². The zero-order chi connectivity index (χ0) is 70.9. The van der Waals surface area contributed by atoms with E-state index >= 15 is 0 Å². The Morgan fingerprint density at radius 1 is 0.302 bits per heavy atom. The number of hydrogen-bond acceptors (Lipinski definition) is 15. The Kier molecular flexibility index (Phi) is 66.2. The van der Waals surface area contributed by atoms with Crippen molar-refractivity contribution in [3.63, 3.8) is 0 Å². The quantitative estimate of drug-likeness (QED) is 0.0222. The van der Waals surface area contributed by atoms with Gasteiger partial charge in [0.25, 0.3) is 0 Å². The normalized spacial score (nSPS) is 14.3. The Labute approximate surface area is 588 Å². The Hall–Kier alpha value is -1.94. The van der Waals surface area contributed by atoms with Crippen LogP contribution in [-0.4, -0.2) is 96.7 Å². The number of ether oxygens (including phenoxy) is 4. The summed E-state index contributed by atoms with van der Waals surface area (Å²) in [6.45, 7) is 11.9. The maximum absolute atomic E-state index is 13.1. The summed E-state index contributed by atoms with van der Waals surface area (Å²) in [6.07, 6.45) is 54.5. The smallest absolute Gasteiger partial charge is 0.462 e. The van der Waals surface area contributed by atoms with Crippen molar-refractivity contribution in [3.05, 3.63) is 0 Å². The van der Waals surface area contributed by atoms with Gasteiger partial charge in [-0.3, -0.25) is 37.3 Å². The molecule has 0 bridgehead atoms. The third-order valence-electron chi connectivity index (χ3n) is 18.2. The van der Waals surface area contributed by atoms with Crippen LogP contribution in [0, 0.1) is 17.8 Å². The number of phosphoric acid groups is 2. The van der Waals surface area contributed by atoms with Crippen molar-refractivity contribution in [2.24, 2.45) is 17.8 Å². The minimum Gasteiger partial charge on any atom is -0.462 e. The molecule has 96 heavy (non-hydrogen) atoms. The second-order valence-electron chi connectivity index (χ2n) is 28.9. The molecule has 19 heteroatoms. The number of carbonyl (C=O) groups is 4. The lowest BCUT2D eigenvalue weighted by Gasteiger charge is -2.21. The summed E-state index contributed by atoms with van der Waals surface area (Å²) >= 11 is 0. The first kappa shape index (κ1) is 94.1. The van der Waals surface area contributed by atoms with Crippen molar-refractivity contribution in [1.82, 2.24) is 0 Å². The van der Waals surface area contributed by atoms with E-state index in [4.69, 9.17) is 37.0 Å². The van der Waals surface area contributed by atoms with E-state index in [1.807, 2.05) is 0 Å². The number of rotatable bonds is 75. The standard InChI is InChI=1S/C77H150O17P2/c1-8-10-11-41-51-58-74(79)87-64-72(93-76(81)61-54-47-40-34-28-27-31-37-44-50-57-70(7)9-2)66-91-95(83,84)89-62-71(78)63-90-96(85,86)92-67-73(65-88-75(80)59-52-45-38-32-25-22-18-20-24-30-36-43-49-56-69(5)6)94-77(82)60-53-46-39-33-26-21-17-15-13-12-14-16-19-23-29-35-42-48-55-68(3)4/h68-73,78H,8-67H2,1-7H3,(H,83,84)(H,85,86)/t70?,71-,72+,73+/m0/s1. The molecule has 570 valence electrons. The lowest BCUT2D eigenvalue weighted by Crippen LogP contribution is -2.30. The average Bonchev–Trinajstić information content (AvgIpc) is 1.36. The molecule has 0 saturated carbocycles. The van der Waals surface area contributed by atoms with Crippen molar-refractivity contribution >= 4 is 39.5 Å². The van der Waals surface area contributed by atoms with Crippen LogP contribution >= 0.6 is 15.6 Å². The second kappa shape index (κ2) is 67.5. The highest BCUT2D eigenvalue weighted by atomic mass is 31.2. The van der Waals surface area contributed by atoms with E-state index in [1.54, 1.807) is 0 Å². The fourth-order valence-corrected chi connectivity index (χ4v) is 13.3.